The van der Waals surface area contributed by atoms with Gasteiger partial charge >= 0.3 is 0 Å². The molecule has 1 aliphatic heterocycles. The second-order valence-corrected chi connectivity index (χ2v) is 5.11. The third-order valence-electron chi connectivity index (χ3n) is 2.80. The lowest BCUT2D eigenvalue weighted by molar-refractivity contribution is -0.122. The number of unbranched alkanes of at least 4 members (excludes halogenated alkanes) is 1. The summed E-state index contributed by atoms with van der Waals surface area (Å²) >= 11 is 2.37. The summed E-state index contributed by atoms with van der Waals surface area (Å²) in [5.74, 6) is 1.09. The van der Waals surface area contributed by atoms with Gasteiger partial charge in [-0.05, 0) is 41.5 Å². The number of halogens is 1. The van der Waals surface area contributed by atoms with Gasteiger partial charge < -0.3 is 9.64 Å². The van der Waals surface area contributed by atoms with Crippen LogP contribution >= 0.6 is 22.6 Å². The molecule has 1 saturated heterocycles. The summed E-state index contributed by atoms with van der Waals surface area (Å²) in [5.41, 5.74) is 0.973. The van der Waals surface area contributed by atoms with Crippen LogP contribution in [0.15, 0.2) is 24.3 Å². The van der Waals surface area contributed by atoms with Crippen LogP contribution in [0.5, 0.6) is 5.75 Å². The van der Waals surface area contributed by atoms with Gasteiger partial charge in [0.25, 0.3) is 0 Å². The largest absolute Gasteiger partial charge is 0.494 e. The van der Waals surface area contributed by atoms with Crippen molar-refractivity contribution in [2.24, 2.45) is 0 Å². The SMILES string of the molecule is O=C1CCN1c1ccc(OCCCCI)cc1. The van der Waals surface area contributed by atoms with Gasteiger partial charge in [-0.2, -0.15) is 0 Å². The van der Waals surface area contributed by atoms with E-state index in [4.69, 9.17) is 4.74 Å². The molecule has 0 radical (unpaired) electrons. The van der Waals surface area contributed by atoms with Crippen molar-refractivity contribution < 1.29 is 9.53 Å². The van der Waals surface area contributed by atoms with Gasteiger partial charge in [-0.1, -0.05) is 22.6 Å². The Balaban J connectivity index is 1.83. The summed E-state index contributed by atoms with van der Waals surface area (Å²) in [7, 11) is 0. The predicted molar refractivity (Wildman–Crippen MR) is 77.0 cm³/mol. The summed E-state index contributed by atoms with van der Waals surface area (Å²) in [6.07, 6.45) is 2.96. The fourth-order valence-electron chi connectivity index (χ4n) is 1.70. The zero-order chi connectivity index (χ0) is 12.1. The van der Waals surface area contributed by atoms with E-state index in [-0.39, 0.29) is 5.91 Å². The lowest BCUT2D eigenvalue weighted by atomic mass is 10.1. The van der Waals surface area contributed by atoms with E-state index in [2.05, 4.69) is 22.6 Å². The second-order valence-electron chi connectivity index (χ2n) is 4.03. The van der Waals surface area contributed by atoms with Gasteiger partial charge in [0.15, 0.2) is 0 Å². The molecule has 1 amide bonds. The van der Waals surface area contributed by atoms with Crippen LogP contribution in [-0.2, 0) is 4.79 Å². The molecule has 3 nitrogen and oxygen atoms in total. The van der Waals surface area contributed by atoms with Crippen molar-refractivity contribution in [3.05, 3.63) is 24.3 Å². The van der Waals surface area contributed by atoms with Crippen molar-refractivity contribution in [2.45, 2.75) is 19.3 Å². The highest BCUT2D eigenvalue weighted by Gasteiger charge is 2.24. The summed E-state index contributed by atoms with van der Waals surface area (Å²) in [4.78, 5) is 13.0. The number of hydrogen-bond donors (Lipinski definition) is 0. The van der Waals surface area contributed by atoms with Crippen LogP contribution in [-0.4, -0.2) is 23.5 Å². The summed E-state index contributed by atoms with van der Waals surface area (Å²) in [6, 6.07) is 7.77. The topological polar surface area (TPSA) is 29.5 Å². The first kappa shape index (κ1) is 12.7. The molecule has 2 rings (SSSR count). The van der Waals surface area contributed by atoms with Crippen molar-refractivity contribution in [1.29, 1.82) is 0 Å². The van der Waals surface area contributed by atoms with Gasteiger partial charge in [0.2, 0.25) is 5.91 Å². The molecule has 0 unspecified atom stereocenters. The number of amides is 1. The van der Waals surface area contributed by atoms with Gasteiger partial charge in [-0.15, -0.1) is 0 Å². The lowest BCUT2D eigenvalue weighted by Gasteiger charge is -2.30. The Hall–Kier alpha value is -0.780. The number of hydrogen-bond acceptors (Lipinski definition) is 2. The van der Waals surface area contributed by atoms with Gasteiger partial charge in [0.05, 0.1) is 6.61 Å². The highest BCUT2D eigenvalue weighted by atomic mass is 127. The Bertz CT molecular complexity index is 378. The number of anilines is 1. The normalized spacial score (nSPS) is 14.6. The van der Waals surface area contributed by atoms with Crippen molar-refractivity contribution in [3.63, 3.8) is 0 Å². The Labute approximate surface area is 115 Å². The van der Waals surface area contributed by atoms with Crippen molar-refractivity contribution in [2.75, 3.05) is 22.5 Å². The highest BCUT2D eigenvalue weighted by Crippen LogP contribution is 2.24. The molecular formula is C13H16INO2. The van der Waals surface area contributed by atoms with E-state index in [0.29, 0.717) is 6.42 Å². The fraction of sp³-hybridized carbons (Fsp3) is 0.462. The van der Waals surface area contributed by atoms with Crippen LogP contribution in [0.1, 0.15) is 19.3 Å². The molecule has 0 aliphatic carbocycles. The maximum atomic E-state index is 11.3. The summed E-state index contributed by atoms with van der Waals surface area (Å²) in [6.45, 7) is 1.61. The first-order chi connectivity index (χ1) is 8.31. The van der Waals surface area contributed by atoms with E-state index in [0.717, 1.165) is 31.0 Å². The molecule has 0 bridgehead atoms. The zero-order valence-corrected chi connectivity index (χ0v) is 11.9. The lowest BCUT2D eigenvalue weighted by Crippen LogP contribution is -2.43. The van der Waals surface area contributed by atoms with Gasteiger partial charge in [-0.3, -0.25) is 4.79 Å². The summed E-state index contributed by atoms with van der Waals surface area (Å²) < 4.78 is 6.79. The average molecular weight is 345 g/mol. The first-order valence-electron chi connectivity index (χ1n) is 5.90. The zero-order valence-electron chi connectivity index (χ0n) is 9.69. The minimum Gasteiger partial charge on any atom is -0.494 e. The molecule has 1 heterocycles. The number of rotatable bonds is 6. The van der Waals surface area contributed by atoms with Crippen LogP contribution in [0.2, 0.25) is 0 Å². The number of ether oxygens (including phenoxy) is 1. The molecule has 17 heavy (non-hydrogen) atoms. The third kappa shape index (κ3) is 3.34. The Morgan fingerprint density at radius 2 is 2.00 bits per heavy atom. The van der Waals surface area contributed by atoms with E-state index in [1.807, 2.05) is 24.3 Å². The van der Waals surface area contributed by atoms with Crippen LogP contribution < -0.4 is 9.64 Å². The standard InChI is InChI=1S/C13H16INO2/c14-8-1-2-10-17-12-5-3-11(4-6-12)15-9-7-13(15)16/h3-6H,1-2,7-10H2. The van der Waals surface area contributed by atoms with Crippen LogP contribution in [0.4, 0.5) is 5.69 Å². The van der Waals surface area contributed by atoms with E-state index in [9.17, 15) is 4.79 Å². The van der Waals surface area contributed by atoms with Crippen LogP contribution in [0.25, 0.3) is 0 Å². The van der Waals surface area contributed by atoms with Gasteiger partial charge in [0.1, 0.15) is 5.75 Å². The van der Waals surface area contributed by atoms with E-state index in [1.54, 1.807) is 4.90 Å². The summed E-state index contributed by atoms with van der Waals surface area (Å²) in [5, 5.41) is 0. The molecular weight excluding hydrogens is 329 g/mol. The third-order valence-corrected chi connectivity index (χ3v) is 3.56. The Morgan fingerprint density at radius 3 is 2.53 bits per heavy atom. The van der Waals surface area contributed by atoms with Crippen LogP contribution in [0, 0.1) is 0 Å². The number of carbonyl (C=O) groups excluding carboxylic acids is 1. The van der Waals surface area contributed by atoms with E-state index < -0.39 is 0 Å². The molecule has 1 aliphatic rings. The first-order valence-corrected chi connectivity index (χ1v) is 7.43. The fourth-order valence-corrected chi connectivity index (χ4v) is 2.24. The molecule has 0 aromatic heterocycles. The quantitative estimate of drug-likeness (QED) is 0.343. The van der Waals surface area contributed by atoms with Crippen molar-refractivity contribution in [3.8, 4) is 5.75 Å². The molecule has 0 atom stereocenters. The number of alkyl halides is 1. The van der Waals surface area contributed by atoms with Crippen molar-refractivity contribution >= 4 is 34.2 Å². The highest BCUT2D eigenvalue weighted by molar-refractivity contribution is 14.1. The molecule has 1 fully saturated rings. The Kier molecular flexibility index (Phi) is 4.65. The maximum absolute atomic E-state index is 11.3. The average Bonchev–Trinajstić information content (AvgIpc) is 2.35. The number of β-lactam (4-membered cyclic amide) rings is 1. The van der Waals surface area contributed by atoms with Gasteiger partial charge in [0, 0.05) is 18.7 Å². The van der Waals surface area contributed by atoms with Crippen LogP contribution in [0.3, 0.4) is 0 Å². The maximum Gasteiger partial charge on any atom is 0.228 e. The number of benzene rings is 1. The molecule has 1 aromatic carbocycles. The predicted octanol–water partition coefficient (Wildman–Crippen LogP) is 3.02. The minimum absolute atomic E-state index is 0.209. The minimum atomic E-state index is 0.209. The van der Waals surface area contributed by atoms with Gasteiger partial charge in [-0.25, -0.2) is 0 Å². The molecule has 0 spiro atoms. The Morgan fingerprint density at radius 1 is 1.24 bits per heavy atom. The molecule has 4 heteroatoms. The number of nitrogens with zero attached hydrogens (tertiary/aromatic N) is 1. The molecule has 0 saturated carbocycles. The van der Waals surface area contributed by atoms with Crippen molar-refractivity contribution in [1.82, 2.24) is 0 Å². The molecule has 92 valence electrons. The molecule has 1 aromatic rings. The van der Waals surface area contributed by atoms with E-state index >= 15 is 0 Å². The second kappa shape index (κ2) is 6.23. The monoisotopic (exact) mass is 345 g/mol. The number of carbonyl (C=O) groups is 1. The van der Waals surface area contributed by atoms with E-state index in [1.165, 1.54) is 10.8 Å². The smallest absolute Gasteiger partial charge is 0.228 e. The molecule has 0 N–H and O–H groups in total.